The van der Waals surface area contributed by atoms with E-state index in [1.807, 2.05) is 22.6 Å². The van der Waals surface area contributed by atoms with Crippen molar-refractivity contribution in [2.45, 2.75) is 6.54 Å². The number of carbonyl (C=O) groups is 1. The maximum Gasteiger partial charge on any atom is 0.278 e. The first-order chi connectivity index (χ1) is 11.4. The lowest BCUT2D eigenvalue weighted by molar-refractivity contribution is 0.102. The minimum Gasteiger partial charge on any atom is -0.302 e. The summed E-state index contributed by atoms with van der Waals surface area (Å²) in [4.78, 5) is 12.3. The summed E-state index contributed by atoms with van der Waals surface area (Å²) in [6.45, 7) is 0.342. The average Bonchev–Trinajstić information content (AvgIpc) is 3.01. The zero-order valence-electron chi connectivity index (χ0n) is 12.5. The Morgan fingerprint density at radius 2 is 2.17 bits per heavy atom. The summed E-state index contributed by atoms with van der Waals surface area (Å²) in [5.74, 6) is -0.471. The van der Waals surface area contributed by atoms with Gasteiger partial charge in [0.15, 0.2) is 11.5 Å². The number of amides is 1. The highest BCUT2D eigenvalue weighted by Crippen LogP contribution is 2.21. The minimum atomic E-state index is -0.391. The van der Waals surface area contributed by atoms with Crippen molar-refractivity contribution >= 4 is 45.9 Å². The fourth-order valence-corrected chi connectivity index (χ4v) is 3.12. The third-order valence-corrected chi connectivity index (χ3v) is 4.25. The molecule has 6 nitrogen and oxygen atoms in total. The lowest BCUT2D eigenvalue weighted by Crippen LogP contribution is -2.15. The van der Waals surface area contributed by atoms with Gasteiger partial charge in [-0.1, -0.05) is 23.7 Å². The molecule has 0 radical (unpaired) electrons. The molecule has 0 aliphatic carbocycles. The van der Waals surface area contributed by atoms with E-state index in [1.54, 1.807) is 36.3 Å². The van der Waals surface area contributed by atoms with Crippen molar-refractivity contribution in [1.29, 1.82) is 0 Å². The van der Waals surface area contributed by atoms with E-state index >= 15 is 0 Å². The van der Waals surface area contributed by atoms with Gasteiger partial charge in [0.25, 0.3) is 5.91 Å². The van der Waals surface area contributed by atoms with E-state index in [1.165, 1.54) is 16.8 Å². The van der Waals surface area contributed by atoms with Crippen LogP contribution in [0.4, 0.5) is 10.2 Å². The number of hydrogen-bond acceptors (Lipinski definition) is 3. The van der Waals surface area contributed by atoms with Crippen LogP contribution in [0.1, 0.15) is 16.1 Å². The number of carbonyl (C=O) groups excluding carboxylic acids is 1. The van der Waals surface area contributed by atoms with Crippen molar-refractivity contribution in [3.05, 3.63) is 62.3 Å². The van der Waals surface area contributed by atoms with Crippen molar-refractivity contribution in [2.75, 3.05) is 5.32 Å². The summed E-state index contributed by atoms with van der Waals surface area (Å²) in [6.07, 6.45) is 3.31. The second kappa shape index (κ2) is 6.89. The highest BCUT2D eigenvalue weighted by atomic mass is 127. The van der Waals surface area contributed by atoms with Gasteiger partial charge in [0.1, 0.15) is 10.8 Å². The molecule has 0 spiro atoms. The molecule has 2 aromatic heterocycles. The SMILES string of the molecule is Cn1cc(I)c(C(=O)Nc2nn(Cc3cccc(F)c3)cc2Cl)n1. The fourth-order valence-electron chi connectivity index (χ4n) is 2.17. The normalized spacial score (nSPS) is 10.8. The predicted octanol–water partition coefficient (Wildman–Crippen LogP) is 3.31. The predicted molar refractivity (Wildman–Crippen MR) is 96.6 cm³/mol. The second-order valence-corrected chi connectivity index (χ2v) is 6.68. The van der Waals surface area contributed by atoms with Crippen LogP contribution < -0.4 is 5.32 Å². The molecule has 0 fully saturated rings. The molecule has 2 heterocycles. The monoisotopic (exact) mass is 459 g/mol. The van der Waals surface area contributed by atoms with E-state index in [-0.39, 0.29) is 11.6 Å². The molecule has 0 aliphatic rings. The third kappa shape index (κ3) is 3.75. The number of halogens is 3. The van der Waals surface area contributed by atoms with Crippen LogP contribution in [0.15, 0.2) is 36.7 Å². The third-order valence-electron chi connectivity index (χ3n) is 3.18. The number of benzene rings is 1. The zero-order chi connectivity index (χ0) is 17.3. The Labute approximate surface area is 155 Å². The Morgan fingerprint density at radius 1 is 1.38 bits per heavy atom. The van der Waals surface area contributed by atoms with Crippen LogP contribution in [-0.2, 0) is 13.6 Å². The summed E-state index contributed by atoms with van der Waals surface area (Å²) < 4.78 is 17.1. The molecular formula is C15H12ClFIN5O. The summed E-state index contributed by atoms with van der Waals surface area (Å²) >= 11 is 8.15. The topological polar surface area (TPSA) is 64.7 Å². The van der Waals surface area contributed by atoms with Gasteiger partial charge in [0.2, 0.25) is 0 Å². The lowest BCUT2D eigenvalue weighted by atomic mass is 10.2. The first kappa shape index (κ1) is 16.9. The van der Waals surface area contributed by atoms with Crippen LogP contribution in [0, 0.1) is 9.39 Å². The molecule has 0 aliphatic heterocycles. The van der Waals surface area contributed by atoms with Gasteiger partial charge in [-0.15, -0.1) is 0 Å². The fraction of sp³-hybridized carbons (Fsp3) is 0.133. The Kier molecular flexibility index (Phi) is 4.86. The molecule has 3 aromatic rings. The molecule has 0 unspecified atom stereocenters. The van der Waals surface area contributed by atoms with Crippen LogP contribution in [0.2, 0.25) is 5.02 Å². The largest absolute Gasteiger partial charge is 0.302 e. The molecule has 3 rings (SSSR count). The Hall–Kier alpha value is -1.94. The smallest absolute Gasteiger partial charge is 0.278 e. The molecular weight excluding hydrogens is 448 g/mol. The van der Waals surface area contributed by atoms with Gasteiger partial charge in [-0.3, -0.25) is 14.2 Å². The average molecular weight is 460 g/mol. The van der Waals surface area contributed by atoms with Gasteiger partial charge in [0, 0.05) is 19.4 Å². The van der Waals surface area contributed by atoms with Gasteiger partial charge >= 0.3 is 0 Å². The summed E-state index contributed by atoms with van der Waals surface area (Å²) in [5, 5.41) is 11.3. The van der Waals surface area contributed by atoms with Gasteiger partial charge < -0.3 is 5.32 Å². The Bertz CT molecular complexity index is 907. The van der Waals surface area contributed by atoms with Crippen LogP contribution in [0.25, 0.3) is 0 Å². The second-order valence-electron chi connectivity index (χ2n) is 5.11. The number of nitrogens with one attached hydrogen (secondary N) is 1. The molecule has 1 amide bonds. The van der Waals surface area contributed by atoms with Gasteiger partial charge in [-0.05, 0) is 40.3 Å². The van der Waals surface area contributed by atoms with Crippen molar-refractivity contribution in [3.8, 4) is 0 Å². The molecule has 24 heavy (non-hydrogen) atoms. The quantitative estimate of drug-likeness (QED) is 0.609. The molecule has 124 valence electrons. The molecule has 0 saturated heterocycles. The van der Waals surface area contributed by atoms with Crippen molar-refractivity contribution < 1.29 is 9.18 Å². The minimum absolute atomic E-state index is 0.236. The first-order valence-electron chi connectivity index (χ1n) is 6.90. The Morgan fingerprint density at radius 3 is 2.83 bits per heavy atom. The van der Waals surface area contributed by atoms with Crippen molar-refractivity contribution in [3.63, 3.8) is 0 Å². The zero-order valence-corrected chi connectivity index (χ0v) is 15.4. The van der Waals surface area contributed by atoms with Crippen LogP contribution in [-0.4, -0.2) is 25.5 Å². The van der Waals surface area contributed by atoms with Gasteiger partial charge in [-0.25, -0.2) is 4.39 Å². The molecule has 9 heteroatoms. The number of aryl methyl sites for hydroxylation is 1. The maximum atomic E-state index is 13.2. The molecule has 1 aromatic carbocycles. The van der Waals surface area contributed by atoms with Gasteiger partial charge in [0.05, 0.1) is 10.1 Å². The molecule has 0 atom stereocenters. The number of aromatic nitrogens is 4. The highest BCUT2D eigenvalue weighted by Gasteiger charge is 2.17. The number of anilines is 1. The summed E-state index contributed by atoms with van der Waals surface area (Å²) in [7, 11) is 1.74. The van der Waals surface area contributed by atoms with E-state index in [0.717, 1.165) is 9.13 Å². The van der Waals surface area contributed by atoms with E-state index in [4.69, 9.17) is 11.6 Å². The first-order valence-corrected chi connectivity index (χ1v) is 8.36. The number of rotatable bonds is 4. The standard InChI is InChI=1S/C15H12ClFIN5O/c1-22-8-12(18)13(20-22)15(24)19-14-11(16)7-23(21-14)6-9-3-2-4-10(17)5-9/h2-5,7-8H,6H2,1H3,(H,19,21,24). The van der Waals surface area contributed by atoms with E-state index in [9.17, 15) is 9.18 Å². The van der Waals surface area contributed by atoms with Gasteiger partial charge in [-0.2, -0.15) is 10.2 Å². The molecule has 0 saturated carbocycles. The van der Waals surface area contributed by atoms with Crippen LogP contribution in [0.5, 0.6) is 0 Å². The lowest BCUT2D eigenvalue weighted by Gasteiger charge is -2.02. The summed E-state index contributed by atoms with van der Waals surface area (Å²) in [5.41, 5.74) is 1.04. The number of nitrogens with zero attached hydrogens (tertiary/aromatic N) is 4. The van der Waals surface area contributed by atoms with Crippen molar-refractivity contribution in [2.24, 2.45) is 7.05 Å². The van der Waals surface area contributed by atoms with Crippen molar-refractivity contribution in [1.82, 2.24) is 19.6 Å². The van der Waals surface area contributed by atoms with Crippen LogP contribution in [0.3, 0.4) is 0 Å². The molecule has 0 bridgehead atoms. The maximum absolute atomic E-state index is 13.2. The summed E-state index contributed by atoms with van der Waals surface area (Å²) in [6, 6.07) is 6.21. The number of hydrogen-bond donors (Lipinski definition) is 1. The Balaban J connectivity index is 1.76. The van der Waals surface area contributed by atoms with E-state index in [0.29, 0.717) is 17.3 Å². The molecule has 1 N–H and O–H groups in total. The highest BCUT2D eigenvalue weighted by molar-refractivity contribution is 14.1. The van der Waals surface area contributed by atoms with E-state index in [2.05, 4.69) is 15.5 Å². The van der Waals surface area contributed by atoms with E-state index < -0.39 is 5.91 Å². The van der Waals surface area contributed by atoms with Crippen LogP contribution >= 0.6 is 34.2 Å².